The van der Waals surface area contributed by atoms with Crippen LogP contribution >= 0.6 is 11.6 Å². The summed E-state index contributed by atoms with van der Waals surface area (Å²) in [5.41, 5.74) is 1.89. The highest BCUT2D eigenvalue weighted by molar-refractivity contribution is 7.92. The second-order valence-electron chi connectivity index (χ2n) is 8.06. The molecular formula is C24H31ClFN3O4S. The minimum atomic E-state index is -3.62. The molecule has 0 aliphatic carbocycles. The van der Waals surface area contributed by atoms with Gasteiger partial charge in [0.1, 0.15) is 11.9 Å². The third-order valence-electron chi connectivity index (χ3n) is 5.49. The van der Waals surface area contributed by atoms with Gasteiger partial charge in [-0.1, -0.05) is 36.7 Å². The van der Waals surface area contributed by atoms with Gasteiger partial charge in [0, 0.05) is 31.6 Å². The van der Waals surface area contributed by atoms with Crippen molar-refractivity contribution in [1.29, 1.82) is 0 Å². The first-order valence-electron chi connectivity index (χ1n) is 11.0. The van der Waals surface area contributed by atoms with Gasteiger partial charge in [-0.15, -0.1) is 0 Å². The van der Waals surface area contributed by atoms with E-state index in [-0.39, 0.29) is 37.7 Å². The number of anilines is 1. The molecule has 0 radical (unpaired) electrons. The first-order valence-corrected chi connectivity index (χ1v) is 13.2. The number of halogens is 2. The number of hydrogen-bond donors (Lipinski definition) is 1. The lowest BCUT2D eigenvalue weighted by Gasteiger charge is -2.31. The van der Waals surface area contributed by atoms with Gasteiger partial charge in [0.25, 0.3) is 0 Å². The predicted molar refractivity (Wildman–Crippen MR) is 133 cm³/mol. The maximum absolute atomic E-state index is 13.3. The molecule has 2 aromatic carbocycles. The quantitative estimate of drug-likeness (QED) is 0.496. The van der Waals surface area contributed by atoms with Crippen LogP contribution in [0.15, 0.2) is 42.5 Å². The molecule has 0 aliphatic heterocycles. The summed E-state index contributed by atoms with van der Waals surface area (Å²) < 4.78 is 39.5. The van der Waals surface area contributed by atoms with Crippen LogP contribution in [-0.4, -0.2) is 51.0 Å². The summed E-state index contributed by atoms with van der Waals surface area (Å²) in [6.45, 7) is 3.80. The van der Waals surface area contributed by atoms with E-state index in [0.29, 0.717) is 22.7 Å². The average molecular weight is 512 g/mol. The summed E-state index contributed by atoms with van der Waals surface area (Å²) in [5.74, 6) is -0.988. The number of benzene rings is 2. The summed E-state index contributed by atoms with van der Waals surface area (Å²) in [6.07, 6.45) is 1.76. The first kappa shape index (κ1) is 27.6. The molecule has 0 unspecified atom stereocenters. The molecule has 0 aromatic heterocycles. The summed E-state index contributed by atoms with van der Waals surface area (Å²) >= 11 is 6.07. The van der Waals surface area contributed by atoms with Crippen LogP contribution in [0.1, 0.15) is 37.3 Å². The van der Waals surface area contributed by atoms with Gasteiger partial charge in [0.15, 0.2) is 0 Å². The van der Waals surface area contributed by atoms with Crippen molar-refractivity contribution in [1.82, 2.24) is 10.2 Å². The fraction of sp³-hybridized carbons (Fsp3) is 0.417. The predicted octanol–water partition coefficient (Wildman–Crippen LogP) is 3.89. The zero-order chi connectivity index (χ0) is 25.5. The van der Waals surface area contributed by atoms with Crippen molar-refractivity contribution in [3.8, 4) is 0 Å². The Bertz CT molecular complexity index is 1110. The molecule has 1 atom stereocenters. The van der Waals surface area contributed by atoms with E-state index >= 15 is 0 Å². The van der Waals surface area contributed by atoms with Gasteiger partial charge in [0.2, 0.25) is 21.8 Å². The fourth-order valence-corrected chi connectivity index (χ4v) is 4.89. The SMILES string of the molecule is CC[C@H](C(=O)NC)N(Cc1ccc(F)cc1)C(=O)CCCN(c1cc(Cl)ccc1C)S(C)(=O)=O. The van der Waals surface area contributed by atoms with Gasteiger partial charge in [-0.3, -0.25) is 13.9 Å². The minimum Gasteiger partial charge on any atom is -0.357 e. The van der Waals surface area contributed by atoms with Gasteiger partial charge in [-0.25, -0.2) is 12.8 Å². The molecule has 0 bridgehead atoms. The van der Waals surface area contributed by atoms with Crippen LogP contribution in [0.25, 0.3) is 0 Å². The van der Waals surface area contributed by atoms with Crippen molar-refractivity contribution in [3.63, 3.8) is 0 Å². The second kappa shape index (κ2) is 12.2. The van der Waals surface area contributed by atoms with E-state index in [1.54, 1.807) is 44.2 Å². The number of amides is 2. The Kier molecular flexibility index (Phi) is 9.88. The molecule has 0 saturated carbocycles. The van der Waals surface area contributed by atoms with Gasteiger partial charge in [0.05, 0.1) is 11.9 Å². The van der Waals surface area contributed by atoms with Crippen molar-refractivity contribution in [2.75, 3.05) is 24.2 Å². The Morgan fingerprint density at radius 3 is 2.35 bits per heavy atom. The molecule has 2 amide bonds. The van der Waals surface area contributed by atoms with Crippen LogP contribution in [0.2, 0.25) is 5.02 Å². The molecule has 0 saturated heterocycles. The molecule has 2 rings (SSSR count). The largest absolute Gasteiger partial charge is 0.357 e. The average Bonchev–Trinajstić information content (AvgIpc) is 2.78. The molecule has 7 nitrogen and oxygen atoms in total. The molecule has 1 N–H and O–H groups in total. The standard InChI is InChI=1S/C24H31ClFN3O4S/c1-5-21(24(31)27-3)28(16-18-9-12-20(26)13-10-18)23(30)7-6-14-29(34(4,32)33)22-15-19(25)11-8-17(22)2/h8-13,15,21H,5-7,14,16H2,1-4H3,(H,27,31)/t21-/m1/s1. The smallest absolute Gasteiger partial charge is 0.242 e. The Morgan fingerprint density at radius 1 is 1.15 bits per heavy atom. The number of likely N-dealkylation sites (N-methyl/N-ethyl adjacent to an activating group) is 1. The number of nitrogens with zero attached hydrogens (tertiary/aromatic N) is 2. The van der Waals surface area contributed by atoms with E-state index in [2.05, 4.69) is 5.32 Å². The molecule has 186 valence electrons. The number of nitrogens with one attached hydrogen (secondary N) is 1. The molecule has 34 heavy (non-hydrogen) atoms. The monoisotopic (exact) mass is 511 g/mol. The number of sulfonamides is 1. The Morgan fingerprint density at radius 2 is 1.79 bits per heavy atom. The fourth-order valence-electron chi connectivity index (χ4n) is 3.71. The van der Waals surface area contributed by atoms with E-state index in [4.69, 9.17) is 11.6 Å². The van der Waals surface area contributed by atoms with Crippen LogP contribution < -0.4 is 9.62 Å². The van der Waals surface area contributed by atoms with E-state index < -0.39 is 21.9 Å². The Hall–Kier alpha value is -2.65. The summed E-state index contributed by atoms with van der Waals surface area (Å²) in [5, 5.41) is 2.99. The zero-order valence-electron chi connectivity index (χ0n) is 19.8. The van der Waals surface area contributed by atoms with Crippen molar-refractivity contribution in [2.24, 2.45) is 0 Å². The number of rotatable bonds is 11. The molecule has 0 heterocycles. The molecule has 2 aromatic rings. The number of carbonyl (C=O) groups excluding carboxylic acids is 2. The molecule has 0 spiro atoms. The van der Waals surface area contributed by atoms with E-state index in [0.717, 1.165) is 11.8 Å². The lowest BCUT2D eigenvalue weighted by molar-refractivity contribution is -0.141. The number of carbonyl (C=O) groups is 2. The van der Waals surface area contributed by atoms with E-state index in [1.807, 2.05) is 0 Å². The second-order valence-corrected chi connectivity index (χ2v) is 10.4. The normalized spacial score (nSPS) is 12.2. The van der Waals surface area contributed by atoms with Gasteiger partial charge in [-0.2, -0.15) is 0 Å². The third kappa shape index (κ3) is 7.43. The Labute approximate surface area is 205 Å². The van der Waals surface area contributed by atoms with E-state index in [9.17, 15) is 22.4 Å². The third-order valence-corrected chi connectivity index (χ3v) is 6.91. The highest BCUT2D eigenvalue weighted by atomic mass is 35.5. The van der Waals surface area contributed by atoms with Crippen molar-refractivity contribution < 1.29 is 22.4 Å². The highest BCUT2D eigenvalue weighted by Crippen LogP contribution is 2.27. The van der Waals surface area contributed by atoms with Gasteiger partial charge in [-0.05, 0) is 55.2 Å². The lowest BCUT2D eigenvalue weighted by atomic mass is 10.1. The highest BCUT2D eigenvalue weighted by Gasteiger charge is 2.28. The number of aryl methyl sites for hydroxylation is 1. The van der Waals surface area contributed by atoms with Gasteiger partial charge < -0.3 is 10.2 Å². The number of hydrogen-bond acceptors (Lipinski definition) is 4. The topological polar surface area (TPSA) is 86.8 Å². The van der Waals surface area contributed by atoms with Crippen molar-refractivity contribution >= 4 is 39.1 Å². The Balaban J connectivity index is 2.21. The maximum atomic E-state index is 13.3. The van der Waals surface area contributed by atoms with Crippen LogP contribution in [-0.2, 0) is 26.2 Å². The lowest BCUT2D eigenvalue weighted by Crippen LogP contribution is -2.48. The summed E-state index contributed by atoms with van der Waals surface area (Å²) in [4.78, 5) is 27.1. The first-order chi connectivity index (χ1) is 16.0. The van der Waals surface area contributed by atoms with Gasteiger partial charge >= 0.3 is 0 Å². The van der Waals surface area contributed by atoms with Crippen LogP contribution in [0.4, 0.5) is 10.1 Å². The minimum absolute atomic E-state index is 0.0281. The summed E-state index contributed by atoms with van der Waals surface area (Å²) in [7, 11) is -2.11. The van der Waals surface area contributed by atoms with Crippen LogP contribution in [0.5, 0.6) is 0 Å². The molecule has 0 fully saturated rings. The zero-order valence-corrected chi connectivity index (χ0v) is 21.4. The van der Waals surface area contributed by atoms with E-state index in [1.165, 1.54) is 28.4 Å². The van der Waals surface area contributed by atoms with Crippen molar-refractivity contribution in [2.45, 2.75) is 45.7 Å². The summed E-state index contributed by atoms with van der Waals surface area (Å²) in [6, 6.07) is 10.0. The molecule has 0 aliphatic rings. The maximum Gasteiger partial charge on any atom is 0.242 e. The molecular weight excluding hydrogens is 481 g/mol. The van der Waals surface area contributed by atoms with Crippen LogP contribution in [0, 0.1) is 12.7 Å². The molecule has 10 heteroatoms. The van der Waals surface area contributed by atoms with Crippen LogP contribution in [0.3, 0.4) is 0 Å². The van der Waals surface area contributed by atoms with Crippen molar-refractivity contribution in [3.05, 3.63) is 64.4 Å².